The van der Waals surface area contributed by atoms with Crippen LogP contribution >= 0.6 is 0 Å². The molecule has 1 aliphatic rings. The molecule has 0 aliphatic heterocycles. The summed E-state index contributed by atoms with van der Waals surface area (Å²) < 4.78 is 0. The first-order chi connectivity index (χ1) is 6.66. The van der Waals surface area contributed by atoms with Gasteiger partial charge in [0.1, 0.15) is 0 Å². The number of rotatable bonds is 5. The van der Waals surface area contributed by atoms with E-state index in [0.29, 0.717) is 6.04 Å². The van der Waals surface area contributed by atoms with Gasteiger partial charge in [0.15, 0.2) is 0 Å². The van der Waals surface area contributed by atoms with Gasteiger partial charge in [-0.2, -0.15) is 0 Å². The van der Waals surface area contributed by atoms with Crippen LogP contribution in [0.5, 0.6) is 0 Å². The van der Waals surface area contributed by atoms with Crippen molar-refractivity contribution in [3.63, 3.8) is 0 Å². The third-order valence-electron chi connectivity index (χ3n) is 3.08. The summed E-state index contributed by atoms with van der Waals surface area (Å²) in [5.41, 5.74) is -0.437. The topological polar surface area (TPSA) is 32.3 Å². The summed E-state index contributed by atoms with van der Waals surface area (Å²) in [7, 11) is 0. The molecule has 14 heavy (non-hydrogen) atoms. The minimum absolute atomic E-state index is 0.429. The van der Waals surface area contributed by atoms with Gasteiger partial charge < -0.3 is 10.4 Å². The van der Waals surface area contributed by atoms with Crippen molar-refractivity contribution in [2.75, 3.05) is 6.54 Å². The Morgan fingerprint density at radius 3 is 2.64 bits per heavy atom. The molecule has 82 valence electrons. The van der Waals surface area contributed by atoms with Gasteiger partial charge in [-0.1, -0.05) is 25.3 Å². The fraction of sp³-hybridized carbons (Fsp3) is 0.833. The third kappa shape index (κ3) is 3.81. The van der Waals surface area contributed by atoms with E-state index in [0.717, 1.165) is 25.8 Å². The van der Waals surface area contributed by atoms with Crippen molar-refractivity contribution < 1.29 is 5.11 Å². The summed E-state index contributed by atoms with van der Waals surface area (Å²) in [6, 6.07) is 0.429. The highest BCUT2D eigenvalue weighted by molar-refractivity contribution is 4.86. The number of hydrogen-bond acceptors (Lipinski definition) is 2. The van der Waals surface area contributed by atoms with Crippen LogP contribution in [0.2, 0.25) is 0 Å². The average molecular weight is 197 g/mol. The lowest BCUT2D eigenvalue weighted by Crippen LogP contribution is -2.44. The van der Waals surface area contributed by atoms with Crippen molar-refractivity contribution >= 4 is 0 Å². The molecule has 2 nitrogen and oxygen atoms in total. The van der Waals surface area contributed by atoms with Gasteiger partial charge in [-0.3, -0.25) is 0 Å². The number of hydrogen-bond donors (Lipinski definition) is 2. The lowest BCUT2D eigenvalue weighted by Gasteiger charge is -2.33. The van der Waals surface area contributed by atoms with Crippen molar-refractivity contribution in [1.29, 1.82) is 0 Å². The van der Waals surface area contributed by atoms with Gasteiger partial charge in [-0.05, 0) is 26.2 Å². The molecule has 0 aromatic heterocycles. The Morgan fingerprint density at radius 2 is 2.07 bits per heavy atom. The summed E-state index contributed by atoms with van der Waals surface area (Å²) in [6.07, 6.45) is 8.44. The molecular weight excluding hydrogens is 174 g/mol. The number of aliphatic hydroxyl groups is 1. The van der Waals surface area contributed by atoms with Gasteiger partial charge in [0.2, 0.25) is 0 Å². The normalized spacial score (nSPS) is 23.0. The second-order valence-electron chi connectivity index (χ2n) is 4.59. The molecule has 1 atom stereocenters. The quantitative estimate of drug-likeness (QED) is 0.662. The molecule has 0 bridgehead atoms. The molecule has 1 fully saturated rings. The zero-order valence-electron chi connectivity index (χ0n) is 9.26. The average Bonchev–Trinajstić information content (AvgIpc) is 2.17. The van der Waals surface area contributed by atoms with Crippen LogP contribution in [0.4, 0.5) is 0 Å². The van der Waals surface area contributed by atoms with E-state index < -0.39 is 5.60 Å². The molecule has 1 aliphatic carbocycles. The molecule has 0 aromatic carbocycles. The van der Waals surface area contributed by atoms with Crippen molar-refractivity contribution in [2.24, 2.45) is 0 Å². The summed E-state index contributed by atoms with van der Waals surface area (Å²) in [5.74, 6) is 0. The van der Waals surface area contributed by atoms with Gasteiger partial charge in [0, 0.05) is 12.6 Å². The SMILES string of the molecule is C=CCC(C)NCC1(O)CCCCC1. The molecule has 0 saturated heterocycles. The van der Waals surface area contributed by atoms with Gasteiger partial charge in [-0.25, -0.2) is 0 Å². The predicted molar refractivity (Wildman–Crippen MR) is 60.3 cm³/mol. The lowest BCUT2D eigenvalue weighted by molar-refractivity contribution is 0.00312. The predicted octanol–water partition coefficient (Wildman–Crippen LogP) is 2.24. The van der Waals surface area contributed by atoms with E-state index in [-0.39, 0.29) is 0 Å². The molecule has 1 saturated carbocycles. The lowest BCUT2D eigenvalue weighted by atomic mass is 9.85. The highest BCUT2D eigenvalue weighted by Gasteiger charge is 2.28. The fourth-order valence-corrected chi connectivity index (χ4v) is 2.08. The van der Waals surface area contributed by atoms with Gasteiger partial charge >= 0.3 is 0 Å². The van der Waals surface area contributed by atoms with Gasteiger partial charge in [-0.15, -0.1) is 6.58 Å². The molecule has 2 heteroatoms. The Morgan fingerprint density at radius 1 is 1.43 bits per heavy atom. The molecule has 2 N–H and O–H groups in total. The first-order valence-electron chi connectivity index (χ1n) is 5.73. The van der Waals surface area contributed by atoms with Crippen LogP contribution in [0.15, 0.2) is 12.7 Å². The van der Waals surface area contributed by atoms with Crippen molar-refractivity contribution in [1.82, 2.24) is 5.32 Å². The van der Waals surface area contributed by atoms with E-state index in [1.54, 1.807) is 0 Å². The first-order valence-corrected chi connectivity index (χ1v) is 5.73. The maximum atomic E-state index is 10.2. The van der Waals surface area contributed by atoms with Crippen LogP contribution in [0.3, 0.4) is 0 Å². The highest BCUT2D eigenvalue weighted by Crippen LogP contribution is 2.27. The minimum atomic E-state index is -0.437. The molecule has 1 unspecified atom stereocenters. The Kier molecular flexibility index (Phi) is 4.63. The highest BCUT2D eigenvalue weighted by atomic mass is 16.3. The zero-order valence-corrected chi connectivity index (χ0v) is 9.26. The van der Waals surface area contributed by atoms with E-state index in [1.807, 2.05) is 6.08 Å². The number of nitrogens with one attached hydrogen (secondary N) is 1. The van der Waals surface area contributed by atoms with Crippen LogP contribution in [0, 0.1) is 0 Å². The molecule has 1 rings (SSSR count). The molecule has 0 radical (unpaired) electrons. The van der Waals surface area contributed by atoms with Crippen LogP contribution in [-0.4, -0.2) is 23.3 Å². The summed E-state index contributed by atoms with van der Waals surface area (Å²) in [4.78, 5) is 0. The molecular formula is C12H23NO. The van der Waals surface area contributed by atoms with Crippen LogP contribution in [0.25, 0.3) is 0 Å². The summed E-state index contributed by atoms with van der Waals surface area (Å²) in [5, 5.41) is 13.6. The molecule has 0 aromatic rings. The van der Waals surface area contributed by atoms with E-state index in [1.165, 1.54) is 19.3 Å². The van der Waals surface area contributed by atoms with E-state index in [2.05, 4.69) is 18.8 Å². The summed E-state index contributed by atoms with van der Waals surface area (Å²) >= 11 is 0. The standard InChI is InChI=1S/C12H23NO/c1-3-7-11(2)13-10-12(14)8-5-4-6-9-12/h3,11,13-14H,1,4-10H2,2H3. The Bertz CT molecular complexity index is 173. The molecule has 0 amide bonds. The molecule has 0 heterocycles. The zero-order chi connectivity index (χ0) is 10.4. The van der Waals surface area contributed by atoms with E-state index >= 15 is 0 Å². The van der Waals surface area contributed by atoms with Gasteiger partial charge in [0.05, 0.1) is 5.60 Å². The largest absolute Gasteiger partial charge is 0.389 e. The second kappa shape index (κ2) is 5.52. The fourth-order valence-electron chi connectivity index (χ4n) is 2.08. The van der Waals surface area contributed by atoms with E-state index in [9.17, 15) is 5.11 Å². The van der Waals surface area contributed by atoms with Crippen LogP contribution in [-0.2, 0) is 0 Å². The Labute approximate surface area is 87.4 Å². The van der Waals surface area contributed by atoms with Crippen molar-refractivity contribution in [3.8, 4) is 0 Å². The van der Waals surface area contributed by atoms with Crippen molar-refractivity contribution in [2.45, 2.75) is 57.1 Å². The summed E-state index contributed by atoms with van der Waals surface area (Å²) in [6.45, 7) is 6.58. The van der Waals surface area contributed by atoms with Crippen molar-refractivity contribution in [3.05, 3.63) is 12.7 Å². The maximum absolute atomic E-state index is 10.2. The molecule has 0 spiro atoms. The Balaban J connectivity index is 2.24. The smallest absolute Gasteiger partial charge is 0.0771 e. The van der Waals surface area contributed by atoms with Crippen LogP contribution in [0.1, 0.15) is 45.4 Å². The minimum Gasteiger partial charge on any atom is -0.389 e. The second-order valence-corrected chi connectivity index (χ2v) is 4.59. The Hall–Kier alpha value is -0.340. The van der Waals surface area contributed by atoms with E-state index in [4.69, 9.17) is 0 Å². The van der Waals surface area contributed by atoms with Gasteiger partial charge in [0.25, 0.3) is 0 Å². The van der Waals surface area contributed by atoms with Crippen LogP contribution < -0.4 is 5.32 Å². The third-order valence-corrected chi connectivity index (χ3v) is 3.08. The maximum Gasteiger partial charge on any atom is 0.0771 e. The monoisotopic (exact) mass is 197 g/mol. The first kappa shape index (κ1) is 11.7.